The number of nitrogens with zero attached hydrogens (tertiary/aromatic N) is 3. The molecule has 0 aliphatic heterocycles. The topological polar surface area (TPSA) is 67.8 Å². The van der Waals surface area contributed by atoms with Gasteiger partial charge in [-0.3, -0.25) is 9.78 Å². The van der Waals surface area contributed by atoms with E-state index in [0.29, 0.717) is 23.6 Å². The van der Waals surface area contributed by atoms with E-state index in [4.69, 9.17) is 0 Å². The predicted molar refractivity (Wildman–Crippen MR) is 105 cm³/mol. The number of aromatic nitrogens is 3. The fourth-order valence-corrected chi connectivity index (χ4v) is 3.24. The molecule has 0 aliphatic carbocycles. The molecule has 0 fully saturated rings. The summed E-state index contributed by atoms with van der Waals surface area (Å²) in [7, 11) is 0. The number of nitrogens with one attached hydrogen (secondary N) is 1. The highest BCUT2D eigenvalue weighted by atomic mass is 32.2. The van der Waals surface area contributed by atoms with Gasteiger partial charge in [0.15, 0.2) is 5.82 Å². The molecule has 0 atom stereocenters. The first kappa shape index (κ1) is 18.1. The second-order valence-corrected chi connectivity index (χ2v) is 6.83. The summed E-state index contributed by atoms with van der Waals surface area (Å²) in [6.45, 7) is 2.43. The first-order valence-corrected chi connectivity index (χ1v) is 9.53. The van der Waals surface area contributed by atoms with Gasteiger partial charge in [0.05, 0.1) is 11.3 Å². The number of rotatable bonds is 7. The molecule has 2 heterocycles. The molecule has 1 amide bonds. The van der Waals surface area contributed by atoms with E-state index in [-0.39, 0.29) is 5.91 Å². The Morgan fingerprint density at radius 1 is 1.12 bits per heavy atom. The van der Waals surface area contributed by atoms with Crippen molar-refractivity contribution in [1.29, 1.82) is 0 Å². The van der Waals surface area contributed by atoms with E-state index in [2.05, 4.69) is 32.4 Å². The fraction of sp³-hybridized carbons (Fsp3) is 0.200. The van der Waals surface area contributed by atoms with Crippen molar-refractivity contribution < 1.29 is 4.79 Å². The van der Waals surface area contributed by atoms with Crippen molar-refractivity contribution in [2.75, 3.05) is 12.3 Å². The lowest BCUT2D eigenvalue weighted by Gasteiger charge is -2.08. The van der Waals surface area contributed by atoms with Crippen molar-refractivity contribution in [3.63, 3.8) is 0 Å². The summed E-state index contributed by atoms with van der Waals surface area (Å²) in [5, 5.41) is 2.93. The maximum absolute atomic E-state index is 12.3. The number of thioether (sulfide) groups is 1. The van der Waals surface area contributed by atoms with Crippen LogP contribution in [0.1, 0.15) is 21.6 Å². The normalized spacial score (nSPS) is 10.5. The van der Waals surface area contributed by atoms with Crippen LogP contribution in [0.25, 0.3) is 11.4 Å². The number of hydrogen-bond acceptors (Lipinski definition) is 5. The zero-order valence-corrected chi connectivity index (χ0v) is 15.4. The summed E-state index contributed by atoms with van der Waals surface area (Å²) in [4.78, 5) is 25.1. The van der Waals surface area contributed by atoms with Gasteiger partial charge >= 0.3 is 0 Å². The van der Waals surface area contributed by atoms with Crippen LogP contribution in [0.5, 0.6) is 0 Å². The average molecular weight is 364 g/mol. The van der Waals surface area contributed by atoms with Gasteiger partial charge in [0.2, 0.25) is 0 Å². The molecule has 1 aromatic carbocycles. The molecule has 132 valence electrons. The van der Waals surface area contributed by atoms with Crippen molar-refractivity contribution in [3.05, 3.63) is 77.9 Å². The minimum Gasteiger partial charge on any atom is -0.351 e. The summed E-state index contributed by atoms with van der Waals surface area (Å²) in [5.41, 5.74) is 3.29. The Balaban J connectivity index is 1.50. The van der Waals surface area contributed by atoms with Gasteiger partial charge in [-0.2, -0.15) is 11.8 Å². The summed E-state index contributed by atoms with van der Waals surface area (Å²) < 4.78 is 0. The maximum atomic E-state index is 12.3. The van der Waals surface area contributed by atoms with Gasteiger partial charge in [0, 0.05) is 42.2 Å². The first-order valence-electron chi connectivity index (χ1n) is 8.38. The minimum absolute atomic E-state index is 0.138. The monoisotopic (exact) mass is 364 g/mol. The van der Waals surface area contributed by atoms with E-state index in [1.807, 2.05) is 37.3 Å². The zero-order chi connectivity index (χ0) is 18.2. The summed E-state index contributed by atoms with van der Waals surface area (Å²) in [6, 6.07) is 14.0. The van der Waals surface area contributed by atoms with Crippen LogP contribution in [0.3, 0.4) is 0 Å². The van der Waals surface area contributed by atoms with Crippen LogP contribution in [0.15, 0.2) is 61.1 Å². The molecule has 3 rings (SSSR count). The molecule has 0 spiro atoms. The third-order valence-corrected chi connectivity index (χ3v) is 4.82. The largest absolute Gasteiger partial charge is 0.351 e. The molecule has 0 aliphatic rings. The molecular weight excluding hydrogens is 344 g/mol. The van der Waals surface area contributed by atoms with Gasteiger partial charge in [-0.15, -0.1) is 0 Å². The molecule has 0 saturated heterocycles. The quantitative estimate of drug-likeness (QED) is 0.650. The Kier molecular flexibility index (Phi) is 6.33. The van der Waals surface area contributed by atoms with Crippen LogP contribution in [0.4, 0.5) is 0 Å². The fourth-order valence-electron chi connectivity index (χ4n) is 2.42. The highest BCUT2D eigenvalue weighted by Gasteiger charge is 2.12. The van der Waals surface area contributed by atoms with E-state index < -0.39 is 0 Å². The van der Waals surface area contributed by atoms with E-state index in [9.17, 15) is 4.79 Å². The van der Waals surface area contributed by atoms with Crippen molar-refractivity contribution in [3.8, 4) is 11.4 Å². The number of hydrogen-bond donors (Lipinski definition) is 1. The highest BCUT2D eigenvalue weighted by molar-refractivity contribution is 7.98. The number of aryl methyl sites for hydroxylation is 1. The standard InChI is InChI=1S/C20H20N4OS/c1-15-18(13-23-19(24-15)17-8-5-9-21-12-17)20(25)22-10-11-26-14-16-6-3-2-4-7-16/h2-9,12-13H,10-11,14H2,1H3,(H,22,25). The molecular formula is C20H20N4OS. The Bertz CT molecular complexity index is 856. The number of pyridine rings is 1. The molecule has 0 unspecified atom stereocenters. The molecule has 1 N–H and O–H groups in total. The highest BCUT2D eigenvalue weighted by Crippen LogP contribution is 2.15. The Morgan fingerprint density at radius 2 is 1.96 bits per heavy atom. The lowest BCUT2D eigenvalue weighted by Crippen LogP contribution is -2.27. The Morgan fingerprint density at radius 3 is 2.69 bits per heavy atom. The second kappa shape index (κ2) is 9.10. The summed E-state index contributed by atoms with van der Waals surface area (Å²) >= 11 is 1.79. The molecule has 5 nitrogen and oxygen atoms in total. The number of carbonyl (C=O) groups is 1. The summed E-state index contributed by atoms with van der Waals surface area (Å²) in [6.07, 6.45) is 4.99. The second-order valence-electron chi connectivity index (χ2n) is 5.73. The minimum atomic E-state index is -0.138. The van der Waals surface area contributed by atoms with Crippen LogP contribution < -0.4 is 5.32 Å². The third-order valence-electron chi connectivity index (χ3n) is 3.79. The van der Waals surface area contributed by atoms with Gasteiger partial charge in [-0.1, -0.05) is 30.3 Å². The lowest BCUT2D eigenvalue weighted by molar-refractivity contribution is 0.0955. The van der Waals surface area contributed by atoms with E-state index in [1.54, 1.807) is 30.4 Å². The van der Waals surface area contributed by atoms with Crippen molar-refractivity contribution in [1.82, 2.24) is 20.3 Å². The molecule has 3 aromatic rings. The van der Waals surface area contributed by atoms with E-state index in [1.165, 1.54) is 5.56 Å². The van der Waals surface area contributed by atoms with Crippen LogP contribution in [-0.2, 0) is 5.75 Å². The first-order chi connectivity index (χ1) is 12.7. The van der Waals surface area contributed by atoms with Crippen LogP contribution in [0.2, 0.25) is 0 Å². The smallest absolute Gasteiger partial charge is 0.254 e. The van der Waals surface area contributed by atoms with Crippen LogP contribution in [-0.4, -0.2) is 33.2 Å². The predicted octanol–water partition coefficient (Wildman–Crippen LogP) is 3.51. The maximum Gasteiger partial charge on any atom is 0.254 e. The Hall–Kier alpha value is -2.73. The van der Waals surface area contributed by atoms with Crippen LogP contribution >= 0.6 is 11.8 Å². The molecule has 0 bridgehead atoms. The lowest BCUT2D eigenvalue weighted by atomic mass is 10.2. The van der Waals surface area contributed by atoms with Crippen molar-refractivity contribution in [2.45, 2.75) is 12.7 Å². The van der Waals surface area contributed by atoms with Gasteiger partial charge in [0.1, 0.15) is 0 Å². The number of carbonyl (C=O) groups excluding carboxylic acids is 1. The van der Waals surface area contributed by atoms with E-state index in [0.717, 1.165) is 17.1 Å². The number of amides is 1. The van der Waals surface area contributed by atoms with E-state index >= 15 is 0 Å². The van der Waals surface area contributed by atoms with Crippen molar-refractivity contribution >= 4 is 17.7 Å². The molecule has 26 heavy (non-hydrogen) atoms. The molecule has 0 saturated carbocycles. The molecule has 2 aromatic heterocycles. The Labute approximate surface area is 157 Å². The number of benzene rings is 1. The van der Waals surface area contributed by atoms with Gasteiger partial charge in [0.25, 0.3) is 5.91 Å². The summed E-state index contributed by atoms with van der Waals surface area (Å²) in [5.74, 6) is 2.23. The van der Waals surface area contributed by atoms with Gasteiger partial charge in [-0.05, 0) is 24.6 Å². The average Bonchev–Trinajstić information content (AvgIpc) is 2.69. The van der Waals surface area contributed by atoms with Gasteiger partial charge < -0.3 is 5.32 Å². The van der Waals surface area contributed by atoms with Crippen LogP contribution in [0, 0.1) is 6.92 Å². The van der Waals surface area contributed by atoms with Crippen molar-refractivity contribution in [2.24, 2.45) is 0 Å². The van der Waals surface area contributed by atoms with Gasteiger partial charge in [-0.25, -0.2) is 9.97 Å². The molecule has 6 heteroatoms. The zero-order valence-electron chi connectivity index (χ0n) is 14.6. The third kappa shape index (κ3) is 4.89. The SMILES string of the molecule is Cc1nc(-c2cccnc2)ncc1C(=O)NCCSCc1ccccc1. The molecule has 0 radical (unpaired) electrons.